The van der Waals surface area contributed by atoms with E-state index in [-0.39, 0.29) is 0 Å². The summed E-state index contributed by atoms with van der Waals surface area (Å²) in [6.07, 6.45) is 17.3. The zero-order valence-electron chi connectivity index (χ0n) is 20.3. The maximum Gasteiger partial charge on any atom is 0.412 e. The first kappa shape index (κ1) is 28.8. The average Bonchev–Trinajstić information content (AvgIpc) is 2.73. The molecular weight excluding hydrogens is 364 g/mol. The van der Waals surface area contributed by atoms with E-state index >= 15 is 0 Å². The van der Waals surface area contributed by atoms with Crippen LogP contribution in [0.3, 0.4) is 0 Å². The summed E-state index contributed by atoms with van der Waals surface area (Å²) in [7, 11) is 0. The normalized spacial score (nSPS) is 12.0. The molecule has 0 unspecified atom stereocenters. The summed E-state index contributed by atoms with van der Waals surface area (Å²) < 4.78 is 24.5. The van der Waals surface area contributed by atoms with Crippen molar-refractivity contribution in [3.8, 4) is 0 Å². The van der Waals surface area contributed by atoms with Crippen molar-refractivity contribution >= 4 is 0 Å². The number of hydrogen-bond donors (Lipinski definition) is 0. The van der Waals surface area contributed by atoms with Crippen LogP contribution in [0.1, 0.15) is 130 Å². The van der Waals surface area contributed by atoms with Gasteiger partial charge >= 0.3 is 6.16 Å². The molecule has 0 amide bonds. The molecule has 0 atom stereocenters. The third-order valence-electron chi connectivity index (χ3n) is 5.11. The van der Waals surface area contributed by atoms with E-state index in [9.17, 15) is 0 Å². The molecular formula is C25H52O4. The minimum Gasteiger partial charge on any atom is -0.303 e. The molecule has 4 heteroatoms. The van der Waals surface area contributed by atoms with E-state index in [0.29, 0.717) is 26.4 Å². The van der Waals surface area contributed by atoms with Crippen molar-refractivity contribution in [2.24, 2.45) is 0 Å². The Balaban J connectivity index is 4.69. The van der Waals surface area contributed by atoms with E-state index in [1.165, 1.54) is 77.0 Å². The topological polar surface area (TPSA) is 36.9 Å². The van der Waals surface area contributed by atoms with Gasteiger partial charge in [0.25, 0.3) is 0 Å². The Morgan fingerprint density at radius 1 is 0.345 bits per heavy atom. The summed E-state index contributed by atoms with van der Waals surface area (Å²) in [5.74, 6) is 0. The Morgan fingerprint density at radius 2 is 0.586 bits per heavy atom. The van der Waals surface area contributed by atoms with Crippen LogP contribution in [-0.2, 0) is 18.9 Å². The largest absolute Gasteiger partial charge is 0.412 e. The molecule has 0 saturated carbocycles. The Labute approximate surface area is 182 Å². The molecule has 0 rings (SSSR count). The SMILES string of the molecule is CCCCCCOC(OCCCCCC)(OCCCCCC)OCCCCCC. The second kappa shape index (κ2) is 22.5. The van der Waals surface area contributed by atoms with Crippen LogP contribution >= 0.6 is 0 Å². The van der Waals surface area contributed by atoms with E-state index in [2.05, 4.69) is 27.7 Å². The van der Waals surface area contributed by atoms with Crippen LogP contribution in [0.4, 0.5) is 0 Å². The van der Waals surface area contributed by atoms with E-state index in [0.717, 1.165) is 25.7 Å². The van der Waals surface area contributed by atoms with Gasteiger partial charge in [-0.1, -0.05) is 105 Å². The van der Waals surface area contributed by atoms with Crippen LogP contribution in [0.2, 0.25) is 0 Å². The van der Waals surface area contributed by atoms with Gasteiger partial charge < -0.3 is 18.9 Å². The lowest BCUT2D eigenvalue weighted by atomic mass is 10.2. The predicted molar refractivity (Wildman–Crippen MR) is 123 cm³/mol. The first-order chi connectivity index (χ1) is 14.2. The Morgan fingerprint density at radius 3 is 0.793 bits per heavy atom. The maximum absolute atomic E-state index is 6.13. The fourth-order valence-corrected chi connectivity index (χ4v) is 3.15. The van der Waals surface area contributed by atoms with E-state index < -0.39 is 6.16 Å². The first-order valence-corrected chi connectivity index (χ1v) is 12.8. The minimum atomic E-state index is -1.31. The van der Waals surface area contributed by atoms with E-state index in [4.69, 9.17) is 18.9 Å². The Kier molecular flexibility index (Phi) is 22.4. The van der Waals surface area contributed by atoms with Gasteiger partial charge in [-0.3, -0.25) is 0 Å². The van der Waals surface area contributed by atoms with Crippen molar-refractivity contribution < 1.29 is 18.9 Å². The molecule has 4 nitrogen and oxygen atoms in total. The third-order valence-corrected chi connectivity index (χ3v) is 5.11. The number of rotatable bonds is 24. The quantitative estimate of drug-likeness (QED) is 0.118. The van der Waals surface area contributed by atoms with Crippen molar-refractivity contribution in [2.45, 2.75) is 137 Å². The van der Waals surface area contributed by atoms with Crippen LogP contribution in [-0.4, -0.2) is 32.6 Å². The lowest BCUT2D eigenvalue weighted by molar-refractivity contribution is -0.499. The summed E-state index contributed by atoms with van der Waals surface area (Å²) in [5, 5.41) is 0. The molecule has 0 aliphatic rings. The number of ether oxygens (including phenoxy) is 4. The molecule has 0 saturated heterocycles. The monoisotopic (exact) mass is 416 g/mol. The first-order valence-electron chi connectivity index (χ1n) is 12.8. The van der Waals surface area contributed by atoms with Gasteiger partial charge in [-0.2, -0.15) is 0 Å². The molecule has 0 spiro atoms. The molecule has 0 fully saturated rings. The zero-order chi connectivity index (χ0) is 21.5. The molecule has 0 aliphatic carbocycles. The zero-order valence-corrected chi connectivity index (χ0v) is 20.3. The second-order valence-corrected chi connectivity index (χ2v) is 8.14. The third kappa shape index (κ3) is 18.3. The van der Waals surface area contributed by atoms with Gasteiger partial charge in [0, 0.05) is 0 Å². The highest BCUT2D eigenvalue weighted by Crippen LogP contribution is 2.22. The van der Waals surface area contributed by atoms with Crippen molar-refractivity contribution in [1.29, 1.82) is 0 Å². The van der Waals surface area contributed by atoms with Gasteiger partial charge in [-0.15, -0.1) is 0 Å². The van der Waals surface area contributed by atoms with Crippen LogP contribution < -0.4 is 0 Å². The van der Waals surface area contributed by atoms with Crippen LogP contribution in [0.5, 0.6) is 0 Å². The maximum atomic E-state index is 6.13. The summed E-state index contributed by atoms with van der Waals surface area (Å²) >= 11 is 0. The molecule has 176 valence electrons. The fourth-order valence-electron chi connectivity index (χ4n) is 3.15. The van der Waals surface area contributed by atoms with Crippen LogP contribution in [0.25, 0.3) is 0 Å². The summed E-state index contributed by atoms with van der Waals surface area (Å²) in [6.45, 7) is 11.4. The van der Waals surface area contributed by atoms with Gasteiger partial charge in [0.05, 0.1) is 26.4 Å². The summed E-state index contributed by atoms with van der Waals surface area (Å²) in [6, 6.07) is 0. The highest BCUT2D eigenvalue weighted by atomic mass is 17.0. The average molecular weight is 417 g/mol. The van der Waals surface area contributed by atoms with Crippen LogP contribution in [0, 0.1) is 0 Å². The highest BCUT2D eigenvalue weighted by Gasteiger charge is 2.35. The van der Waals surface area contributed by atoms with E-state index in [1.54, 1.807) is 0 Å². The number of unbranched alkanes of at least 4 members (excludes halogenated alkanes) is 12. The Hall–Kier alpha value is -0.160. The predicted octanol–water partition coefficient (Wildman–Crippen LogP) is 7.99. The molecule has 0 heterocycles. The van der Waals surface area contributed by atoms with Gasteiger partial charge in [0.15, 0.2) is 0 Å². The lowest BCUT2D eigenvalue weighted by Crippen LogP contribution is -2.43. The molecule has 0 bridgehead atoms. The van der Waals surface area contributed by atoms with Gasteiger partial charge in [0.1, 0.15) is 0 Å². The fraction of sp³-hybridized carbons (Fsp3) is 1.00. The summed E-state index contributed by atoms with van der Waals surface area (Å²) in [4.78, 5) is 0. The molecule has 0 aromatic carbocycles. The van der Waals surface area contributed by atoms with Gasteiger partial charge in [-0.05, 0) is 25.7 Å². The molecule has 0 aromatic heterocycles. The van der Waals surface area contributed by atoms with Crippen molar-refractivity contribution in [1.82, 2.24) is 0 Å². The molecule has 0 N–H and O–H groups in total. The molecule has 0 aromatic rings. The lowest BCUT2D eigenvalue weighted by Gasteiger charge is -2.32. The van der Waals surface area contributed by atoms with Crippen molar-refractivity contribution in [3.05, 3.63) is 0 Å². The number of hydrogen-bond acceptors (Lipinski definition) is 4. The highest BCUT2D eigenvalue weighted by molar-refractivity contribution is 4.51. The molecule has 0 aliphatic heterocycles. The van der Waals surface area contributed by atoms with E-state index in [1.807, 2.05) is 0 Å². The molecule has 29 heavy (non-hydrogen) atoms. The summed E-state index contributed by atoms with van der Waals surface area (Å²) in [5.41, 5.74) is 0. The van der Waals surface area contributed by atoms with Gasteiger partial charge in [0.2, 0.25) is 0 Å². The minimum absolute atomic E-state index is 0.624. The smallest absolute Gasteiger partial charge is 0.303 e. The van der Waals surface area contributed by atoms with Crippen molar-refractivity contribution in [2.75, 3.05) is 26.4 Å². The van der Waals surface area contributed by atoms with Crippen molar-refractivity contribution in [3.63, 3.8) is 0 Å². The molecule has 0 radical (unpaired) electrons. The van der Waals surface area contributed by atoms with Gasteiger partial charge in [-0.25, -0.2) is 0 Å². The van der Waals surface area contributed by atoms with Crippen LogP contribution in [0.15, 0.2) is 0 Å². The Bertz CT molecular complexity index is 248. The second-order valence-electron chi connectivity index (χ2n) is 8.14. The standard InChI is InChI=1S/C25H52O4/c1-5-9-13-17-21-26-25(27-22-18-14-10-6-2,28-23-19-15-11-7-3)29-24-20-16-12-8-4/h5-24H2,1-4H3.